The molecule has 0 atom stereocenters. The fourth-order valence-corrected chi connectivity index (χ4v) is 1.03. The van der Waals surface area contributed by atoms with Crippen LogP contribution in [0.25, 0.3) is 0 Å². The van der Waals surface area contributed by atoms with Crippen LogP contribution in [0.1, 0.15) is 20.3 Å². The third-order valence-electron chi connectivity index (χ3n) is 2.30. The third kappa shape index (κ3) is 2.98. The van der Waals surface area contributed by atoms with Crippen LogP contribution in [0.3, 0.4) is 0 Å². The van der Waals surface area contributed by atoms with Crippen molar-refractivity contribution in [1.82, 2.24) is 5.32 Å². The summed E-state index contributed by atoms with van der Waals surface area (Å²) in [6.45, 7) is 2.86. The van der Waals surface area contributed by atoms with Gasteiger partial charge in [-0.3, -0.25) is 4.79 Å². The van der Waals surface area contributed by atoms with Crippen molar-refractivity contribution < 1.29 is 15.0 Å². The van der Waals surface area contributed by atoms with Gasteiger partial charge in [-0.05, 0) is 5.92 Å². The van der Waals surface area contributed by atoms with E-state index in [1.54, 1.807) is 19.9 Å². The molecule has 0 bridgehead atoms. The molecule has 0 radical (unpaired) electrons. The van der Waals surface area contributed by atoms with Crippen LogP contribution < -0.4 is 5.32 Å². The van der Waals surface area contributed by atoms with E-state index in [4.69, 9.17) is 15.5 Å². The van der Waals surface area contributed by atoms with Gasteiger partial charge in [0, 0.05) is 0 Å². The quantitative estimate of drug-likeness (QED) is 0.552. The van der Waals surface area contributed by atoms with Gasteiger partial charge < -0.3 is 15.5 Å². The molecule has 0 aromatic heterocycles. The molecule has 0 aromatic rings. The summed E-state index contributed by atoms with van der Waals surface area (Å²) < 4.78 is 0. The van der Waals surface area contributed by atoms with E-state index < -0.39 is 11.4 Å². The topological polar surface area (TPSA) is 93.3 Å². The summed E-state index contributed by atoms with van der Waals surface area (Å²) in [7, 11) is 0. The predicted octanol–water partition coefficient (Wildman–Crippen LogP) is -0.604. The predicted molar refractivity (Wildman–Crippen MR) is 50.1 cm³/mol. The van der Waals surface area contributed by atoms with Crippen molar-refractivity contribution in [2.75, 3.05) is 13.2 Å². The summed E-state index contributed by atoms with van der Waals surface area (Å²) in [6.07, 6.45) is -0.269. The van der Waals surface area contributed by atoms with Gasteiger partial charge in [0.15, 0.2) is 0 Å². The van der Waals surface area contributed by atoms with E-state index in [9.17, 15) is 4.79 Å². The van der Waals surface area contributed by atoms with Gasteiger partial charge in [-0.2, -0.15) is 5.26 Å². The van der Waals surface area contributed by atoms with Crippen molar-refractivity contribution in [3.05, 3.63) is 0 Å². The Morgan fingerprint density at radius 2 is 2.00 bits per heavy atom. The Bertz CT molecular complexity index is 229. The van der Waals surface area contributed by atoms with Crippen LogP contribution in [-0.2, 0) is 4.79 Å². The van der Waals surface area contributed by atoms with Crippen molar-refractivity contribution in [3.63, 3.8) is 0 Å². The van der Waals surface area contributed by atoms with Gasteiger partial charge >= 0.3 is 0 Å². The molecule has 0 spiro atoms. The van der Waals surface area contributed by atoms with Crippen molar-refractivity contribution in [3.8, 4) is 6.07 Å². The van der Waals surface area contributed by atoms with Gasteiger partial charge in [0.25, 0.3) is 0 Å². The summed E-state index contributed by atoms with van der Waals surface area (Å²) in [5, 5.41) is 29.0. The van der Waals surface area contributed by atoms with Gasteiger partial charge in [-0.1, -0.05) is 13.8 Å². The lowest BCUT2D eigenvalue weighted by molar-refractivity contribution is -0.124. The first-order valence-electron chi connectivity index (χ1n) is 4.42. The second kappa shape index (κ2) is 5.58. The third-order valence-corrected chi connectivity index (χ3v) is 2.30. The molecule has 0 saturated carbocycles. The molecule has 0 aromatic carbocycles. The van der Waals surface area contributed by atoms with Gasteiger partial charge in [0.05, 0.1) is 24.8 Å². The van der Waals surface area contributed by atoms with Gasteiger partial charge in [-0.25, -0.2) is 0 Å². The van der Waals surface area contributed by atoms with Crippen molar-refractivity contribution in [2.24, 2.45) is 5.92 Å². The maximum Gasteiger partial charge on any atom is 0.234 e. The van der Waals surface area contributed by atoms with Gasteiger partial charge in [0.1, 0.15) is 6.42 Å². The van der Waals surface area contributed by atoms with Crippen LogP contribution in [0.4, 0.5) is 0 Å². The standard InChI is InChI=1S/C9H16N2O3/c1-7(2)9(5-12,6-13)11-8(14)3-4-10/h7,12-13H,3,5-6H2,1-2H3,(H,11,14). The molecule has 80 valence electrons. The number of carbonyl (C=O) groups is 1. The van der Waals surface area contributed by atoms with E-state index in [0.717, 1.165) is 0 Å². The zero-order valence-corrected chi connectivity index (χ0v) is 8.45. The number of carbonyl (C=O) groups excluding carboxylic acids is 1. The van der Waals surface area contributed by atoms with Crippen LogP contribution >= 0.6 is 0 Å². The zero-order valence-electron chi connectivity index (χ0n) is 8.45. The number of amides is 1. The second-order valence-corrected chi connectivity index (χ2v) is 3.51. The lowest BCUT2D eigenvalue weighted by atomic mass is 9.88. The largest absolute Gasteiger partial charge is 0.394 e. The Balaban J connectivity index is 4.52. The molecule has 5 nitrogen and oxygen atoms in total. The highest BCUT2D eigenvalue weighted by Crippen LogP contribution is 2.15. The highest BCUT2D eigenvalue weighted by molar-refractivity contribution is 5.78. The lowest BCUT2D eigenvalue weighted by Crippen LogP contribution is -2.57. The van der Waals surface area contributed by atoms with Crippen LogP contribution in [-0.4, -0.2) is 34.9 Å². The van der Waals surface area contributed by atoms with Crippen molar-refractivity contribution >= 4 is 5.91 Å². The van der Waals surface area contributed by atoms with Crippen LogP contribution in [0.2, 0.25) is 0 Å². The molecule has 5 heteroatoms. The monoisotopic (exact) mass is 200 g/mol. The van der Waals surface area contributed by atoms with Gasteiger partial charge in [-0.15, -0.1) is 0 Å². The number of rotatable bonds is 5. The molecule has 14 heavy (non-hydrogen) atoms. The highest BCUT2D eigenvalue weighted by Gasteiger charge is 2.33. The molecule has 0 unspecified atom stereocenters. The van der Waals surface area contributed by atoms with E-state index in [1.165, 1.54) is 0 Å². The highest BCUT2D eigenvalue weighted by atomic mass is 16.3. The molecular weight excluding hydrogens is 184 g/mol. The first-order valence-corrected chi connectivity index (χ1v) is 4.42. The molecule has 0 fully saturated rings. The fourth-order valence-electron chi connectivity index (χ4n) is 1.03. The zero-order chi connectivity index (χ0) is 11.2. The minimum absolute atomic E-state index is 0.111. The molecule has 0 aliphatic carbocycles. The second-order valence-electron chi connectivity index (χ2n) is 3.51. The van der Waals surface area contributed by atoms with Crippen LogP contribution in [0, 0.1) is 17.2 Å². The minimum atomic E-state index is -1.03. The summed E-state index contributed by atoms with van der Waals surface area (Å²) in [5.74, 6) is -0.593. The maximum absolute atomic E-state index is 11.1. The first-order chi connectivity index (χ1) is 6.52. The normalized spacial score (nSPS) is 11.1. The fraction of sp³-hybridized carbons (Fsp3) is 0.778. The lowest BCUT2D eigenvalue weighted by Gasteiger charge is -2.34. The molecule has 0 heterocycles. The Hall–Kier alpha value is -1.12. The van der Waals surface area contributed by atoms with E-state index in [0.29, 0.717) is 0 Å². The number of hydrogen-bond acceptors (Lipinski definition) is 4. The minimum Gasteiger partial charge on any atom is -0.394 e. The molecule has 3 N–H and O–H groups in total. The number of hydrogen-bond donors (Lipinski definition) is 3. The number of nitrogens with zero attached hydrogens (tertiary/aromatic N) is 1. The Kier molecular flexibility index (Phi) is 5.13. The Morgan fingerprint density at radius 1 is 1.50 bits per heavy atom. The van der Waals surface area contributed by atoms with Crippen molar-refractivity contribution in [2.45, 2.75) is 25.8 Å². The molecule has 1 amide bonds. The smallest absolute Gasteiger partial charge is 0.234 e. The molecular formula is C9H16N2O3. The van der Waals surface area contributed by atoms with E-state index in [1.807, 2.05) is 0 Å². The number of aliphatic hydroxyl groups is 2. The average molecular weight is 200 g/mol. The number of nitriles is 1. The maximum atomic E-state index is 11.1. The summed E-state index contributed by atoms with van der Waals surface area (Å²) in [5.41, 5.74) is -1.03. The average Bonchev–Trinajstić information content (AvgIpc) is 2.14. The molecule has 0 aliphatic heterocycles. The number of nitrogens with one attached hydrogen (secondary N) is 1. The SMILES string of the molecule is CC(C)C(CO)(CO)NC(=O)CC#N. The summed E-state index contributed by atoms with van der Waals surface area (Å²) >= 11 is 0. The van der Waals surface area contributed by atoms with E-state index >= 15 is 0 Å². The Labute approximate surface area is 83.4 Å². The summed E-state index contributed by atoms with van der Waals surface area (Å²) in [6, 6.07) is 1.70. The summed E-state index contributed by atoms with van der Waals surface area (Å²) in [4.78, 5) is 11.1. The van der Waals surface area contributed by atoms with E-state index in [2.05, 4.69) is 5.32 Å². The molecule has 0 rings (SSSR count). The van der Waals surface area contributed by atoms with Crippen molar-refractivity contribution in [1.29, 1.82) is 5.26 Å². The van der Waals surface area contributed by atoms with E-state index in [-0.39, 0.29) is 25.6 Å². The van der Waals surface area contributed by atoms with Crippen LogP contribution in [0.15, 0.2) is 0 Å². The molecule has 0 saturated heterocycles. The first kappa shape index (κ1) is 12.9. The number of aliphatic hydroxyl groups excluding tert-OH is 2. The van der Waals surface area contributed by atoms with Crippen LogP contribution in [0.5, 0.6) is 0 Å². The van der Waals surface area contributed by atoms with Gasteiger partial charge in [0.2, 0.25) is 5.91 Å². The Morgan fingerprint density at radius 3 is 2.29 bits per heavy atom. The molecule has 0 aliphatic rings.